The highest BCUT2D eigenvalue weighted by atomic mass is 16.1. The summed E-state index contributed by atoms with van der Waals surface area (Å²) in [5.74, 6) is -0.411. The molecule has 0 radical (unpaired) electrons. The van der Waals surface area contributed by atoms with Gasteiger partial charge in [-0.25, -0.2) is 0 Å². The van der Waals surface area contributed by atoms with Gasteiger partial charge in [-0.05, 0) is 34.5 Å². The third kappa shape index (κ3) is 3.28. The van der Waals surface area contributed by atoms with Crippen LogP contribution in [-0.2, 0) is 4.79 Å². The first-order valence-corrected chi connectivity index (χ1v) is 7.24. The molecule has 0 spiro atoms. The SMILES string of the molecule is N#CC(=Cc1cccc2ccccc12)C(=O)Nc1ccccc1. The van der Waals surface area contributed by atoms with Crippen molar-refractivity contribution in [1.29, 1.82) is 5.26 Å². The number of rotatable bonds is 3. The summed E-state index contributed by atoms with van der Waals surface area (Å²) in [6.07, 6.45) is 1.63. The van der Waals surface area contributed by atoms with Gasteiger partial charge in [-0.15, -0.1) is 0 Å². The van der Waals surface area contributed by atoms with Crippen molar-refractivity contribution in [3.63, 3.8) is 0 Å². The van der Waals surface area contributed by atoms with Crippen LogP contribution in [0.1, 0.15) is 5.56 Å². The molecule has 0 unspecified atom stereocenters. The van der Waals surface area contributed by atoms with Crippen molar-refractivity contribution in [3.05, 3.63) is 83.9 Å². The number of nitrogens with zero attached hydrogens (tertiary/aromatic N) is 1. The number of carbonyl (C=O) groups excluding carboxylic acids is 1. The van der Waals surface area contributed by atoms with Crippen LogP contribution >= 0.6 is 0 Å². The van der Waals surface area contributed by atoms with Gasteiger partial charge >= 0.3 is 0 Å². The minimum absolute atomic E-state index is 0.0743. The molecule has 0 heterocycles. The van der Waals surface area contributed by atoms with Crippen molar-refractivity contribution in [1.82, 2.24) is 0 Å². The van der Waals surface area contributed by atoms with Gasteiger partial charge in [-0.3, -0.25) is 4.79 Å². The predicted octanol–water partition coefficient (Wildman–Crippen LogP) is 4.39. The summed E-state index contributed by atoms with van der Waals surface area (Å²) in [4.78, 5) is 12.3. The van der Waals surface area contributed by atoms with E-state index >= 15 is 0 Å². The summed E-state index contributed by atoms with van der Waals surface area (Å²) in [6, 6.07) is 24.8. The van der Waals surface area contributed by atoms with Crippen molar-refractivity contribution in [2.75, 3.05) is 5.32 Å². The first kappa shape index (κ1) is 14.6. The quantitative estimate of drug-likeness (QED) is 0.576. The van der Waals surface area contributed by atoms with Crippen LogP contribution in [-0.4, -0.2) is 5.91 Å². The Morgan fingerprint density at radius 3 is 2.39 bits per heavy atom. The second-order valence-corrected chi connectivity index (χ2v) is 5.06. The lowest BCUT2D eigenvalue weighted by atomic mass is 10.0. The minimum Gasteiger partial charge on any atom is -0.321 e. The van der Waals surface area contributed by atoms with Gasteiger partial charge < -0.3 is 5.32 Å². The molecule has 0 saturated carbocycles. The van der Waals surface area contributed by atoms with Crippen LogP contribution < -0.4 is 5.32 Å². The van der Waals surface area contributed by atoms with E-state index in [0.717, 1.165) is 16.3 Å². The lowest BCUT2D eigenvalue weighted by Crippen LogP contribution is -2.13. The molecule has 3 rings (SSSR count). The van der Waals surface area contributed by atoms with E-state index in [1.807, 2.05) is 66.7 Å². The third-order valence-electron chi connectivity index (χ3n) is 3.52. The highest BCUT2D eigenvalue weighted by molar-refractivity contribution is 6.10. The van der Waals surface area contributed by atoms with Crippen LogP contribution in [0, 0.1) is 11.3 Å². The topological polar surface area (TPSA) is 52.9 Å². The van der Waals surface area contributed by atoms with E-state index in [9.17, 15) is 10.1 Å². The fourth-order valence-electron chi connectivity index (χ4n) is 2.40. The minimum atomic E-state index is -0.411. The molecule has 3 aromatic rings. The smallest absolute Gasteiger partial charge is 0.266 e. The molecule has 23 heavy (non-hydrogen) atoms. The summed E-state index contributed by atoms with van der Waals surface area (Å²) in [5, 5.41) is 14.1. The first-order chi connectivity index (χ1) is 11.3. The number of nitrogens with one attached hydrogen (secondary N) is 1. The van der Waals surface area contributed by atoms with Gasteiger partial charge in [0.2, 0.25) is 0 Å². The number of carbonyl (C=O) groups is 1. The van der Waals surface area contributed by atoms with Crippen molar-refractivity contribution in [2.24, 2.45) is 0 Å². The van der Waals surface area contributed by atoms with Crippen LogP contribution in [0.3, 0.4) is 0 Å². The number of hydrogen-bond acceptors (Lipinski definition) is 2. The molecule has 1 amide bonds. The molecule has 3 heteroatoms. The van der Waals surface area contributed by atoms with Crippen LogP contribution in [0.5, 0.6) is 0 Å². The Morgan fingerprint density at radius 1 is 0.913 bits per heavy atom. The molecule has 0 saturated heterocycles. The normalized spacial score (nSPS) is 11.0. The second kappa shape index (κ2) is 6.59. The number of benzene rings is 3. The number of para-hydroxylation sites is 1. The van der Waals surface area contributed by atoms with Gasteiger partial charge in [0.15, 0.2) is 0 Å². The molecule has 0 atom stereocenters. The molecular formula is C20H14N2O. The lowest BCUT2D eigenvalue weighted by Gasteiger charge is -2.05. The Labute approximate surface area is 134 Å². The van der Waals surface area contributed by atoms with Crippen LogP contribution in [0.2, 0.25) is 0 Å². The predicted molar refractivity (Wildman–Crippen MR) is 92.6 cm³/mol. The fourth-order valence-corrected chi connectivity index (χ4v) is 2.40. The monoisotopic (exact) mass is 298 g/mol. The molecule has 0 aromatic heterocycles. The maximum Gasteiger partial charge on any atom is 0.266 e. The van der Waals surface area contributed by atoms with E-state index in [1.54, 1.807) is 18.2 Å². The molecule has 0 aliphatic heterocycles. The van der Waals surface area contributed by atoms with E-state index in [1.165, 1.54) is 0 Å². The average Bonchev–Trinajstić information content (AvgIpc) is 2.60. The zero-order valence-electron chi connectivity index (χ0n) is 12.4. The number of anilines is 1. The first-order valence-electron chi connectivity index (χ1n) is 7.24. The van der Waals surface area contributed by atoms with Crippen molar-refractivity contribution in [2.45, 2.75) is 0 Å². The van der Waals surface area contributed by atoms with Gasteiger partial charge in [0.05, 0.1) is 0 Å². The number of amides is 1. The largest absolute Gasteiger partial charge is 0.321 e. The summed E-state index contributed by atoms with van der Waals surface area (Å²) < 4.78 is 0. The van der Waals surface area contributed by atoms with Gasteiger partial charge in [-0.1, -0.05) is 60.7 Å². The molecule has 0 fully saturated rings. The zero-order chi connectivity index (χ0) is 16.1. The Balaban J connectivity index is 1.95. The Kier molecular flexibility index (Phi) is 4.17. The zero-order valence-corrected chi connectivity index (χ0v) is 12.4. The van der Waals surface area contributed by atoms with E-state index < -0.39 is 5.91 Å². The Hall–Kier alpha value is -3.38. The maximum absolute atomic E-state index is 12.3. The maximum atomic E-state index is 12.3. The Morgan fingerprint density at radius 2 is 1.61 bits per heavy atom. The van der Waals surface area contributed by atoms with Crippen LogP contribution in [0.4, 0.5) is 5.69 Å². The number of nitriles is 1. The molecule has 0 aliphatic carbocycles. The van der Waals surface area contributed by atoms with E-state index in [-0.39, 0.29) is 5.57 Å². The molecule has 1 N–H and O–H groups in total. The molecule has 3 nitrogen and oxygen atoms in total. The summed E-state index contributed by atoms with van der Waals surface area (Å²) in [5.41, 5.74) is 1.59. The lowest BCUT2D eigenvalue weighted by molar-refractivity contribution is -0.112. The molecular weight excluding hydrogens is 284 g/mol. The van der Waals surface area contributed by atoms with Crippen molar-refractivity contribution in [3.8, 4) is 6.07 Å². The van der Waals surface area contributed by atoms with Crippen molar-refractivity contribution < 1.29 is 4.79 Å². The van der Waals surface area contributed by atoms with Gasteiger partial charge in [0.25, 0.3) is 5.91 Å². The highest BCUT2D eigenvalue weighted by Crippen LogP contribution is 2.21. The third-order valence-corrected chi connectivity index (χ3v) is 3.52. The summed E-state index contributed by atoms with van der Waals surface area (Å²) in [6.45, 7) is 0. The van der Waals surface area contributed by atoms with E-state index in [4.69, 9.17) is 0 Å². The van der Waals surface area contributed by atoms with E-state index in [0.29, 0.717) is 5.69 Å². The fraction of sp³-hybridized carbons (Fsp3) is 0. The van der Waals surface area contributed by atoms with Gasteiger partial charge in [0.1, 0.15) is 11.6 Å². The van der Waals surface area contributed by atoms with Gasteiger partial charge in [-0.2, -0.15) is 5.26 Å². The second-order valence-electron chi connectivity index (χ2n) is 5.06. The highest BCUT2D eigenvalue weighted by Gasteiger charge is 2.10. The molecule has 3 aromatic carbocycles. The molecule has 0 bridgehead atoms. The number of fused-ring (bicyclic) bond motifs is 1. The average molecular weight is 298 g/mol. The Bertz CT molecular complexity index is 916. The van der Waals surface area contributed by atoms with Gasteiger partial charge in [0, 0.05) is 5.69 Å². The standard InChI is InChI=1S/C20H14N2O/c21-14-17(20(23)22-18-10-2-1-3-11-18)13-16-9-6-8-15-7-4-5-12-19(15)16/h1-13H,(H,22,23). The van der Waals surface area contributed by atoms with Crippen LogP contribution in [0.25, 0.3) is 16.8 Å². The molecule has 0 aliphatic rings. The summed E-state index contributed by atoms with van der Waals surface area (Å²) >= 11 is 0. The number of hydrogen-bond donors (Lipinski definition) is 1. The van der Waals surface area contributed by atoms with Crippen LogP contribution in [0.15, 0.2) is 78.4 Å². The summed E-state index contributed by atoms with van der Waals surface area (Å²) in [7, 11) is 0. The van der Waals surface area contributed by atoms with E-state index in [2.05, 4.69) is 5.32 Å². The van der Waals surface area contributed by atoms with Crippen molar-refractivity contribution >= 4 is 28.4 Å². The molecule has 110 valence electrons.